The van der Waals surface area contributed by atoms with Gasteiger partial charge in [0.15, 0.2) is 0 Å². The van der Waals surface area contributed by atoms with E-state index in [1.165, 1.54) is 31.2 Å². The maximum absolute atomic E-state index is 10.2. The summed E-state index contributed by atoms with van der Waals surface area (Å²) in [6, 6.07) is 8.71. The van der Waals surface area contributed by atoms with Crippen molar-refractivity contribution in [2.24, 2.45) is 5.92 Å². The third-order valence-electron chi connectivity index (χ3n) is 4.77. The number of aliphatic hydroxyl groups is 1. The number of hydrogen-bond acceptors (Lipinski definition) is 3. The molecule has 0 spiro atoms. The first-order valence-electron chi connectivity index (χ1n) is 8.24. The standard InChI is InChI=1S/C18H25N3O/c1-14(20-12-18(22)16-4-2-3-5-16)15-6-8-17(9-7-15)21-11-10-19-13-21/h6-11,13-14,16,18,20,22H,2-5,12H2,1H3. The molecule has 22 heavy (non-hydrogen) atoms. The van der Waals surface area contributed by atoms with E-state index in [9.17, 15) is 5.11 Å². The van der Waals surface area contributed by atoms with Crippen LogP contribution in [0.5, 0.6) is 0 Å². The smallest absolute Gasteiger partial charge is 0.0991 e. The van der Waals surface area contributed by atoms with E-state index in [1.54, 1.807) is 12.5 Å². The molecule has 118 valence electrons. The Morgan fingerprint density at radius 3 is 2.64 bits per heavy atom. The zero-order chi connectivity index (χ0) is 15.4. The van der Waals surface area contributed by atoms with E-state index in [1.807, 2.05) is 10.8 Å². The van der Waals surface area contributed by atoms with E-state index in [0.29, 0.717) is 12.5 Å². The summed E-state index contributed by atoms with van der Waals surface area (Å²) in [5, 5.41) is 13.7. The van der Waals surface area contributed by atoms with Gasteiger partial charge in [0.1, 0.15) is 0 Å². The summed E-state index contributed by atoms with van der Waals surface area (Å²) in [4.78, 5) is 4.07. The molecule has 2 aromatic rings. The molecule has 1 heterocycles. The van der Waals surface area contributed by atoms with Gasteiger partial charge in [-0.3, -0.25) is 0 Å². The number of nitrogens with zero attached hydrogens (tertiary/aromatic N) is 2. The minimum atomic E-state index is -0.213. The predicted octanol–water partition coefficient (Wildman–Crippen LogP) is 3.07. The second kappa shape index (κ2) is 7.07. The van der Waals surface area contributed by atoms with Crippen LogP contribution >= 0.6 is 0 Å². The van der Waals surface area contributed by atoms with Crippen molar-refractivity contribution in [2.45, 2.75) is 44.8 Å². The quantitative estimate of drug-likeness (QED) is 0.862. The summed E-state index contributed by atoms with van der Waals surface area (Å²) in [7, 11) is 0. The third kappa shape index (κ3) is 3.57. The Hall–Kier alpha value is -1.65. The van der Waals surface area contributed by atoms with E-state index >= 15 is 0 Å². The average Bonchev–Trinajstić information content (AvgIpc) is 3.25. The highest BCUT2D eigenvalue weighted by molar-refractivity contribution is 5.35. The summed E-state index contributed by atoms with van der Waals surface area (Å²) in [5.41, 5.74) is 2.35. The fourth-order valence-corrected chi connectivity index (χ4v) is 3.27. The molecular formula is C18H25N3O. The lowest BCUT2D eigenvalue weighted by atomic mass is 10.00. The average molecular weight is 299 g/mol. The lowest BCUT2D eigenvalue weighted by molar-refractivity contribution is 0.106. The Morgan fingerprint density at radius 1 is 1.27 bits per heavy atom. The molecule has 2 atom stereocenters. The van der Waals surface area contributed by atoms with Gasteiger partial charge in [-0.25, -0.2) is 4.98 Å². The number of hydrogen-bond donors (Lipinski definition) is 2. The van der Waals surface area contributed by atoms with Gasteiger partial charge < -0.3 is 15.0 Å². The van der Waals surface area contributed by atoms with E-state index in [0.717, 1.165) is 5.69 Å². The van der Waals surface area contributed by atoms with Crippen LogP contribution in [0.3, 0.4) is 0 Å². The largest absolute Gasteiger partial charge is 0.392 e. The number of imidazole rings is 1. The van der Waals surface area contributed by atoms with Gasteiger partial charge >= 0.3 is 0 Å². The lowest BCUT2D eigenvalue weighted by Gasteiger charge is -2.21. The van der Waals surface area contributed by atoms with Gasteiger partial charge in [-0.05, 0) is 43.4 Å². The highest BCUT2D eigenvalue weighted by Gasteiger charge is 2.23. The highest BCUT2D eigenvalue weighted by Crippen LogP contribution is 2.27. The Kier molecular flexibility index (Phi) is 4.90. The number of nitrogens with one attached hydrogen (secondary N) is 1. The molecule has 0 amide bonds. The van der Waals surface area contributed by atoms with E-state index in [4.69, 9.17) is 0 Å². The number of aromatic nitrogens is 2. The Morgan fingerprint density at radius 2 is 2.00 bits per heavy atom. The molecule has 1 fully saturated rings. The van der Waals surface area contributed by atoms with E-state index in [-0.39, 0.29) is 12.1 Å². The van der Waals surface area contributed by atoms with E-state index in [2.05, 4.69) is 41.5 Å². The van der Waals surface area contributed by atoms with Crippen molar-refractivity contribution in [3.8, 4) is 5.69 Å². The predicted molar refractivity (Wildman–Crippen MR) is 87.9 cm³/mol. The normalized spacial score (nSPS) is 18.5. The SMILES string of the molecule is CC(NCC(O)C1CCCC1)c1ccc(-n2ccnc2)cc1. The highest BCUT2D eigenvalue weighted by atomic mass is 16.3. The van der Waals surface area contributed by atoms with Crippen LogP contribution in [0.2, 0.25) is 0 Å². The monoisotopic (exact) mass is 299 g/mol. The maximum Gasteiger partial charge on any atom is 0.0991 e. The van der Waals surface area contributed by atoms with Crippen LogP contribution < -0.4 is 5.32 Å². The molecule has 1 aliphatic rings. The van der Waals surface area contributed by atoms with Crippen LogP contribution in [0.1, 0.15) is 44.2 Å². The second-order valence-corrected chi connectivity index (χ2v) is 6.30. The van der Waals surface area contributed by atoms with E-state index < -0.39 is 0 Å². The Labute approximate surface area is 132 Å². The van der Waals surface area contributed by atoms with Crippen LogP contribution in [0, 0.1) is 5.92 Å². The maximum atomic E-state index is 10.2. The zero-order valence-corrected chi connectivity index (χ0v) is 13.2. The van der Waals surface area contributed by atoms with Gasteiger partial charge in [0.25, 0.3) is 0 Å². The molecule has 4 heteroatoms. The lowest BCUT2D eigenvalue weighted by Crippen LogP contribution is -2.33. The summed E-state index contributed by atoms with van der Waals surface area (Å²) in [6.45, 7) is 2.82. The summed E-state index contributed by atoms with van der Waals surface area (Å²) in [6.07, 6.45) is 10.2. The first kappa shape index (κ1) is 15.3. The van der Waals surface area contributed by atoms with Crippen LogP contribution in [-0.4, -0.2) is 27.3 Å². The van der Waals surface area contributed by atoms with Gasteiger partial charge in [0.2, 0.25) is 0 Å². The molecule has 0 aliphatic heterocycles. The fraction of sp³-hybridized carbons (Fsp3) is 0.500. The van der Waals surface area contributed by atoms with Crippen LogP contribution in [0.4, 0.5) is 0 Å². The van der Waals surface area contributed by atoms with Crippen molar-refractivity contribution in [2.75, 3.05) is 6.54 Å². The van der Waals surface area contributed by atoms with Gasteiger partial charge in [0.05, 0.1) is 12.4 Å². The van der Waals surface area contributed by atoms with Gasteiger partial charge in [-0.15, -0.1) is 0 Å². The van der Waals surface area contributed by atoms with Gasteiger partial charge in [-0.2, -0.15) is 0 Å². The minimum Gasteiger partial charge on any atom is -0.392 e. The summed E-state index contributed by atoms with van der Waals surface area (Å²) < 4.78 is 1.99. The molecule has 4 nitrogen and oxygen atoms in total. The van der Waals surface area contributed by atoms with Crippen molar-refractivity contribution in [1.29, 1.82) is 0 Å². The van der Waals surface area contributed by atoms with Crippen LogP contribution in [-0.2, 0) is 0 Å². The van der Waals surface area contributed by atoms with Crippen LogP contribution in [0.25, 0.3) is 5.69 Å². The Balaban J connectivity index is 1.54. The molecule has 1 aromatic heterocycles. The molecule has 0 bridgehead atoms. The molecule has 0 saturated heterocycles. The van der Waals surface area contributed by atoms with Gasteiger partial charge in [-0.1, -0.05) is 25.0 Å². The molecule has 2 unspecified atom stereocenters. The van der Waals surface area contributed by atoms with Crippen molar-refractivity contribution in [3.63, 3.8) is 0 Å². The first-order chi connectivity index (χ1) is 10.7. The molecule has 1 saturated carbocycles. The fourth-order valence-electron chi connectivity index (χ4n) is 3.27. The van der Waals surface area contributed by atoms with Crippen molar-refractivity contribution >= 4 is 0 Å². The summed E-state index contributed by atoms with van der Waals surface area (Å²) >= 11 is 0. The topological polar surface area (TPSA) is 50.1 Å². The molecule has 0 radical (unpaired) electrons. The number of rotatable bonds is 6. The molecule has 1 aliphatic carbocycles. The Bertz CT molecular complexity index is 559. The summed E-state index contributed by atoms with van der Waals surface area (Å²) in [5.74, 6) is 0.489. The van der Waals surface area contributed by atoms with Gasteiger partial charge in [0, 0.05) is 30.7 Å². The number of aliphatic hydroxyl groups excluding tert-OH is 1. The first-order valence-corrected chi connectivity index (χ1v) is 8.24. The van der Waals surface area contributed by atoms with Crippen molar-refractivity contribution < 1.29 is 5.11 Å². The number of benzene rings is 1. The van der Waals surface area contributed by atoms with Crippen molar-refractivity contribution in [1.82, 2.24) is 14.9 Å². The molecule has 3 rings (SSSR count). The molecule has 2 N–H and O–H groups in total. The molecular weight excluding hydrogens is 274 g/mol. The van der Waals surface area contributed by atoms with Crippen LogP contribution in [0.15, 0.2) is 43.0 Å². The molecule has 1 aromatic carbocycles. The second-order valence-electron chi connectivity index (χ2n) is 6.30. The van der Waals surface area contributed by atoms with Crippen molar-refractivity contribution in [3.05, 3.63) is 48.5 Å². The third-order valence-corrected chi connectivity index (χ3v) is 4.77. The zero-order valence-electron chi connectivity index (χ0n) is 13.2. The minimum absolute atomic E-state index is 0.213.